The van der Waals surface area contributed by atoms with E-state index in [1.165, 1.54) is 25.3 Å². The Bertz CT molecular complexity index is 433. The minimum absolute atomic E-state index is 0.0504. The summed E-state index contributed by atoms with van der Waals surface area (Å²) in [6.07, 6.45) is -3.63. The van der Waals surface area contributed by atoms with Gasteiger partial charge in [-0.25, -0.2) is 0 Å². The molecule has 0 aliphatic heterocycles. The molecule has 20 heavy (non-hydrogen) atoms. The zero-order valence-corrected chi connectivity index (χ0v) is 11.8. The molecule has 1 aromatic carbocycles. The minimum Gasteiger partial charge on any atom is -0.493 e. The van der Waals surface area contributed by atoms with E-state index in [1.54, 1.807) is 0 Å². The number of nitrogens with two attached hydrogens (primary N) is 1. The maximum Gasteiger partial charge on any atom is 0.407 e. The number of hydrogen-bond acceptors (Lipinski definition) is 3. The molecule has 0 radical (unpaired) electrons. The average molecular weight is 291 g/mol. The van der Waals surface area contributed by atoms with E-state index in [0.717, 1.165) is 6.42 Å². The molecule has 0 unspecified atom stereocenters. The highest BCUT2D eigenvalue weighted by Gasteiger charge is 2.38. The lowest BCUT2D eigenvalue weighted by molar-refractivity contribution is -0.149. The van der Waals surface area contributed by atoms with E-state index in [-0.39, 0.29) is 11.3 Å². The van der Waals surface area contributed by atoms with E-state index in [2.05, 4.69) is 13.8 Å². The van der Waals surface area contributed by atoms with Gasteiger partial charge >= 0.3 is 6.18 Å². The third kappa shape index (κ3) is 4.59. The standard InChI is InChI=1S/C14H20F3NO2/c1-9(2)6-7-20-11-5-4-10(8-12(11)19-3)13(18)14(15,16)17/h4-5,8-9,13H,6-7,18H2,1-3H3/t13-/m0/s1. The van der Waals surface area contributed by atoms with Gasteiger partial charge in [0.1, 0.15) is 6.04 Å². The van der Waals surface area contributed by atoms with Crippen molar-refractivity contribution in [3.8, 4) is 11.5 Å². The highest BCUT2D eigenvalue weighted by atomic mass is 19.4. The Kier molecular flexibility index (Phi) is 5.68. The van der Waals surface area contributed by atoms with E-state index >= 15 is 0 Å². The van der Waals surface area contributed by atoms with Crippen LogP contribution in [0, 0.1) is 5.92 Å². The first-order valence-corrected chi connectivity index (χ1v) is 6.38. The Morgan fingerprint density at radius 2 is 1.85 bits per heavy atom. The van der Waals surface area contributed by atoms with Crippen LogP contribution in [0.3, 0.4) is 0 Å². The fraction of sp³-hybridized carbons (Fsp3) is 0.571. The normalized spacial score (nSPS) is 13.4. The number of benzene rings is 1. The molecule has 0 aliphatic rings. The zero-order valence-electron chi connectivity index (χ0n) is 11.8. The third-order valence-corrected chi connectivity index (χ3v) is 2.85. The van der Waals surface area contributed by atoms with Gasteiger partial charge in [-0.3, -0.25) is 0 Å². The molecule has 1 rings (SSSR count). The molecule has 0 amide bonds. The van der Waals surface area contributed by atoms with Crippen molar-refractivity contribution in [2.75, 3.05) is 13.7 Å². The van der Waals surface area contributed by atoms with Crippen molar-refractivity contribution in [3.63, 3.8) is 0 Å². The van der Waals surface area contributed by atoms with Crippen LogP contribution >= 0.6 is 0 Å². The van der Waals surface area contributed by atoms with Gasteiger partial charge in [0.25, 0.3) is 0 Å². The Labute approximate surface area is 116 Å². The van der Waals surface area contributed by atoms with Gasteiger partial charge in [-0.05, 0) is 30.0 Å². The highest BCUT2D eigenvalue weighted by Crippen LogP contribution is 2.35. The van der Waals surface area contributed by atoms with Gasteiger partial charge in [0.05, 0.1) is 13.7 Å². The molecule has 114 valence electrons. The Morgan fingerprint density at radius 3 is 2.35 bits per heavy atom. The zero-order chi connectivity index (χ0) is 15.3. The maximum atomic E-state index is 12.6. The molecule has 1 atom stereocenters. The van der Waals surface area contributed by atoms with Crippen molar-refractivity contribution in [2.24, 2.45) is 11.7 Å². The molecule has 0 saturated heterocycles. The van der Waals surface area contributed by atoms with E-state index in [4.69, 9.17) is 15.2 Å². The van der Waals surface area contributed by atoms with Crippen LogP contribution in [0.2, 0.25) is 0 Å². The molecule has 6 heteroatoms. The van der Waals surface area contributed by atoms with E-state index < -0.39 is 12.2 Å². The Morgan fingerprint density at radius 1 is 1.20 bits per heavy atom. The van der Waals surface area contributed by atoms with Crippen LogP contribution in [-0.2, 0) is 0 Å². The van der Waals surface area contributed by atoms with Crippen molar-refractivity contribution in [2.45, 2.75) is 32.5 Å². The quantitative estimate of drug-likeness (QED) is 0.869. The van der Waals surface area contributed by atoms with Crippen LogP contribution < -0.4 is 15.2 Å². The number of methoxy groups -OCH3 is 1. The second-order valence-electron chi connectivity index (χ2n) is 4.96. The molecule has 0 fully saturated rings. The van der Waals surface area contributed by atoms with Gasteiger partial charge in [-0.1, -0.05) is 19.9 Å². The lowest BCUT2D eigenvalue weighted by Gasteiger charge is -2.18. The largest absolute Gasteiger partial charge is 0.493 e. The molecule has 0 aliphatic carbocycles. The van der Waals surface area contributed by atoms with Crippen molar-refractivity contribution >= 4 is 0 Å². The first kappa shape index (κ1) is 16.6. The summed E-state index contributed by atoms with van der Waals surface area (Å²) in [4.78, 5) is 0. The summed E-state index contributed by atoms with van der Waals surface area (Å²) in [5, 5.41) is 0. The van der Waals surface area contributed by atoms with Crippen LogP contribution in [0.1, 0.15) is 31.9 Å². The lowest BCUT2D eigenvalue weighted by Crippen LogP contribution is -2.28. The first-order valence-electron chi connectivity index (χ1n) is 6.38. The van der Waals surface area contributed by atoms with Gasteiger partial charge < -0.3 is 15.2 Å². The molecular weight excluding hydrogens is 271 g/mol. The summed E-state index contributed by atoms with van der Waals surface area (Å²) in [5.41, 5.74) is 5.11. The topological polar surface area (TPSA) is 44.5 Å². The van der Waals surface area contributed by atoms with Crippen LogP contribution in [0.15, 0.2) is 18.2 Å². The molecule has 3 nitrogen and oxygen atoms in total. The van der Waals surface area contributed by atoms with Crippen LogP contribution in [0.4, 0.5) is 13.2 Å². The molecule has 1 aromatic rings. The van der Waals surface area contributed by atoms with Crippen molar-refractivity contribution in [3.05, 3.63) is 23.8 Å². The smallest absolute Gasteiger partial charge is 0.407 e. The lowest BCUT2D eigenvalue weighted by atomic mass is 10.1. The van der Waals surface area contributed by atoms with Gasteiger partial charge in [0, 0.05) is 0 Å². The molecule has 0 heterocycles. The van der Waals surface area contributed by atoms with Gasteiger partial charge in [0.2, 0.25) is 0 Å². The monoisotopic (exact) mass is 291 g/mol. The number of rotatable bonds is 6. The molecule has 0 aromatic heterocycles. The van der Waals surface area contributed by atoms with Gasteiger partial charge in [-0.15, -0.1) is 0 Å². The van der Waals surface area contributed by atoms with E-state index in [0.29, 0.717) is 18.3 Å². The molecular formula is C14H20F3NO2. The summed E-state index contributed by atoms with van der Waals surface area (Å²) in [6.45, 7) is 4.61. The van der Waals surface area contributed by atoms with Crippen LogP contribution in [0.25, 0.3) is 0 Å². The summed E-state index contributed by atoms with van der Waals surface area (Å²) in [7, 11) is 1.38. The number of hydrogen-bond donors (Lipinski definition) is 1. The first-order chi connectivity index (χ1) is 9.25. The molecule has 0 spiro atoms. The van der Waals surface area contributed by atoms with E-state index in [1.807, 2.05) is 0 Å². The van der Waals surface area contributed by atoms with Gasteiger partial charge in [-0.2, -0.15) is 13.2 Å². The van der Waals surface area contributed by atoms with Gasteiger partial charge in [0.15, 0.2) is 11.5 Å². The fourth-order valence-electron chi connectivity index (χ4n) is 1.59. The van der Waals surface area contributed by atoms with E-state index in [9.17, 15) is 13.2 Å². The van der Waals surface area contributed by atoms with Crippen molar-refractivity contribution < 1.29 is 22.6 Å². The summed E-state index contributed by atoms with van der Waals surface area (Å²) in [5.74, 6) is 1.16. The average Bonchev–Trinajstić information content (AvgIpc) is 2.36. The molecule has 0 saturated carbocycles. The molecule has 2 N–H and O–H groups in total. The summed E-state index contributed by atoms with van der Waals surface area (Å²) >= 11 is 0. The van der Waals surface area contributed by atoms with Crippen molar-refractivity contribution in [1.29, 1.82) is 0 Å². The third-order valence-electron chi connectivity index (χ3n) is 2.85. The van der Waals surface area contributed by atoms with Crippen LogP contribution in [0.5, 0.6) is 11.5 Å². The summed E-state index contributed by atoms with van der Waals surface area (Å²) in [6, 6.07) is 2.01. The second kappa shape index (κ2) is 6.83. The maximum absolute atomic E-state index is 12.6. The number of alkyl halides is 3. The predicted molar refractivity (Wildman–Crippen MR) is 70.9 cm³/mol. The Hall–Kier alpha value is -1.43. The second-order valence-corrected chi connectivity index (χ2v) is 4.96. The molecule has 0 bridgehead atoms. The number of ether oxygens (including phenoxy) is 2. The highest BCUT2D eigenvalue weighted by molar-refractivity contribution is 5.44. The van der Waals surface area contributed by atoms with Crippen LogP contribution in [-0.4, -0.2) is 19.9 Å². The fourth-order valence-corrected chi connectivity index (χ4v) is 1.59. The number of halogens is 3. The van der Waals surface area contributed by atoms with Crippen molar-refractivity contribution in [1.82, 2.24) is 0 Å². The minimum atomic E-state index is -4.48. The predicted octanol–water partition coefficient (Wildman–Crippen LogP) is 3.68. The Balaban J connectivity index is 2.85. The SMILES string of the molecule is COc1cc([C@H](N)C(F)(F)F)ccc1OCCC(C)C. The summed E-state index contributed by atoms with van der Waals surface area (Å²) < 4.78 is 48.3.